The highest BCUT2D eigenvalue weighted by Gasteiger charge is 1.86. The van der Waals surface area contributed by atoms with Crippen molar-refractivity contribution in [2.45, 2.75) is 19.3 Å². The maximum atomic E-state index is 5.34. The number of nitrogens with one attached hydrogen (secondary N) is 2. The molecule has 0 spiro atoms. The molecule has 11 heavy (non-hydrogen) atoms. The number of hydrogen-bond donors (Lipinski definition) is 3. The molecule has 0 aliphatic heterocycles. The zero-order valence-corrected chi connectivity index (χ0v) is 7.53. The lowest BCUT2D eigenvalue weighted by Gasteiger charge is -2.02. The average molecular weight is 159 g/mol. The molecule has 68 valence electrons. The quantitative estimate of drug-likeness (QED) is 0.434. The summed E-state index contributed by atoms with van der Waals surface area (Å²) in [6, 6.07) is 0. The Morgan fingerprint density at radius 3 is 2.27 bits per heavy atom. The minimum Gasteiger partial charge on any atom is -0.330 e. The normalized spacial score (nSPS) is 10.4. The molecule has 0 bridgehead atoms. The summed E-state index contributed by atoms with van der Waals surface area (Å²) in [5, 5.41) is 6.46. The average Bonchev–Trinajstić information content (AvgIpc) is 2.03. The van der Waals surface area contributed by atoms with E-state index < -0.39 is 0 Å². The molecular weight excluding hydrogens is 138 g/mol. The largest absolute Gasteiger partial charge is 0.330 e. The second-order valence-electron chi connectivity index (χ2n) is 2.70. The van der Waals surface area contributed by atoms with Crippen molar-refractivity contribution in [3.8, 4) is 0 Å². The van der Waals surface area contributed by atoms with Crippen molar-refractivity contribution in [3.05, 3.63) is 0 Å². The monoisotopic (exact) mass is 159 g/mol. The summed E-state index contributed by atoms with van der Waals surface area (Å²) < 4.78 is 0. The fourth-order valence-electron chi connectivity index (χ4n) is 0.904. The van der Waals surface area contributed by atoms with Crippen LogP contribution in [0.3, 0.4) is 0 Å². The van der Waals surface area contributed by atoms with Gasteiger partial charge in [-0.25, -0.2) is 0 Å². The van der Waals surface area contributed by atoms with Gasteiger partial charge in [0.15, 0.2) is 0 Å². The molecule has 0 aromatic carbocycles. The van der Waals surface area contributed by atoms with Gasteiger partial charge in [0.05, 0.1) is 0 Å². The van der Waals surface area contributed by atoms with Gasteiger partial charge in [-0.2, -0.15) is 0 Å². The van der Waals surface area contributed by atoms with Gasteiger partial charge in [0.25, 0.3) is 0 Å². The van der Waals surface area contributed by atoms with Gasteiger partial charge in [0.1, 0.15) is 0 Å². The van der Waals surface area contributed by atoms with E-state index in [4.69, 9.17) is 5.73 Å². The highest BCUT2D eigenvalue weighted by molar-refractivity contribution is 4.50. The first-order valence-corrected chi connectivity index (χ1v) is 4.47. The summed E-state index contributed by atoms with van der Waals surface area (Å²) in [4.78, 5) is 0. The summed E-state index contributed by atoms with van der Waals surface area (Å²) in [5.41, 5.74) is 5.34. The first-order chi connectivity index (χ1) is 5.41. The lowest BCUT2D eigenvalue weighted by Crippen LogP contribution is -2.20. The summed E-state index contributed by atoms with van der Waals surface area (Å²) >= 11 is 0. The minimum atomic E-state index is 0.795. The highest BCUT2D eigenvalue weighted by Crippen LogP contribution is 1.83. The standard InChI is InChI=1S/C8H21N3/c1-10-6-2-3-7-11-8-4-5-9/h10-11H,2-9H2,1H3. The van der Waals surface area contributed by atoms with E-state index in [2.05, 4.69) is 10.6 Å². The van der Waals surface area contributed by atoms with E-state index in [1.165, 1.54) is 12.8 Å². The van der Waals surface area contributed by atoms with Crippen molar-refractivity contribution in [2.75, 3.05) is 33.2 Å². The van der Waals surface area contributed by atoms with Crippen LogP contribution < -0.4 is 16.4 Å². The first-order valence-electron chi connectivity index (χ1n) is 4.47. The van der Waals surface area contributed by atoms with E-state index in [0.29, 0.717) is 0 Å². The molecule has 0 amide bonds. The van der Waals surface area contributed by atoms with Crippen LogP contribution in [0.25, 0.3) is 0 Å². The molecular formula is C8H21N3. The third-order valence-corrected chi connectivity index (χ3v) is 1.59. The predicted octanol–water partition coefficient (Wildman–Crippen LogP) is -0.0756. The van der Waals surface area contributed by atoms with Gasteiger partial charge in [0.2, 0.25) is 0 Å². The van der Waals surface area contributed by atoms with Crippen LogP contribution >= 0.6 is 0 Å². The van der Waals surface area contributed by atoms with Crippen LogP contribution in [0.15, 0.2) is 0 Å². The molecule has 0 aromatic heterocycles. The molecule has 0 unspecified atom stereocenters. The fourth-order valence-corrected chi connectivity index (χ4v) is 0.904. The smallest absolute Gasteiger partial charge is 0.00369 e. The number of nitrogens with two attached hydrogens (primary N) is 1. The molecule has 0 heterocycles. The Kier molecular flexibility index (Phi) is 9.77. The molecule has 0 rings (SSSR count). The Balaban J connectivity index is 2.69. The van der Waals surface area contributed by atoms with Crippen LogP contribution in [0, 0.1) is 0 Å². The Morgan fingerprint density at radius 1 is 1.00 bits per heavy atom. The van der Waals surface area contributed by atoms with Crippen molar-refractivity contribution in [3.63, 3.8) is 0 Å². The van der Waals surface area contributed by atoms with E-state index in [1.54, 1.807) is 0 Å². The zero-order valence-electron chi connectivity index (χ0n) is 7.53. The molecule has 0 fully saturated rings. The van der Waals surface area contributed by atoms with E-state index in [0.717, 1.165) is 32.6 Å². The third-order valence-electron chi connectivity index (χ3n) is 1.59. The topological polar surface area (TPSA) is 50.1 Å². The van der Waals surface area contributed by atoms with Gasteiger partial charge in [-0.15, -0.1) is 0 Å². The van der Waals surface area contributed by atoms with Crippen molar-refractivity contribution < 1.29 is 0 Å². The number of rotatable bonds is 8. The third kappa shape index (κ3) is 9.88. The summed E-state index contributed by atoms with van der Waals surface area (Å²) in [6.07, 6.45) is 3.60. The van der Waals surface area contributed by atoms with Crippen LogP contribution in [-0.4, -0.2) is 33.2 Å². The summed E-state index contributed by atoms with van der Waals surface area (Å²) in [5.74, 6) is 0. The van der Waals surface area contributed by atoms with Gasteiger partial charge in [-0.05, 0) is 52.5 Å². The van der Waals surface area contributed by atoms with E-state index in [1.807, 2.05) is 7.05 Å². The summed E-state index contributed by atoms with van der Waals surface area (Å²) in [6.45, 7) is 4.11. The zero-order chi connectivity index (χ0) is 8.36. The molecule has 0 aliphatic carbocycles. The molecule has 0 aromatic rings. The van der Waals surface area contributed by atoms with Gasteiger partial charge in [-0.3, -0.25) is 0 Å². The van der Waals surface area contributed by atoms with E-state index in [-0.39, 0.29) is 0 Å². The Bertz CT molecular complexity index is 58.4. The van der Waals surface area contributed by atoms with Crippen LogP contribution in [-0.2, 0) is 0 Å². The molecule has 0 saturated carbocycles. The van der Waals surface area contributed by atoms with Gasteiger partial charge in [-0.1, -0.05) is 0 Å². The van der Waals surface area contributed by atoms with E-state index >= 15 is 0 Å². The Hall–Kier alpha value is -0.120. The Morgan fingerprint density at radius 2 is 1.64 bits per heavy atom. The summed E-state index contributed by atoms with van der Waals surface area (Å²) in [7, 11) is 1.99. The minimum absolute atomic E-state index is 0.795. The van der Waals surface area contributed by atoms with Crippen molar-refractivity contribution in [2.24, 2.45) is 5.73 Å². The lowest BCUT2D eigenvalue weighted by molar-refractivity contribution is 0.594. The second-order valence-corrected chi connectivity index (χ2v) is 2.70. The van der Waals surface area contributed by atoms with Crippen LogP contribution in [0.4, 0.5) is 0 Å². The number of unbranched alkanes of at least 4 members (excludes halogenated alkanes) is 1. The SMILES string of the molecule is CNCCCCNCCCN. The molecule has 4 N–H and O–H groups in total. The maximum absolute atomic E-state index is 5.34. The van der Waals surface area contributed by atoms with Crippen LogP contribution in [0.5, 0.6) is 0 Å². The fraction of sp³-hybridized carbons (Fsp3) is 1.00. The van der Waals surface area contributed by atoms with Gasteiger partial charge < -0.3 is 16.4 Å². The molecule has 0 saturated heterocycles. The molecule has 3 nitrogen and oxygen atoms in total. The first kappa shape index (κ1) is 10.9. The number of hydrogen-bond acceptors (Lipinski definition) is 3. The van der Waals surface area contributed by atoms with Gasteiger partial charge >= 0.3 is 0 Å². The molecule has 0 aliphatic rings. The highest BCUT2D eigenvalue weighted by atomic mass is 14.9. The maximum Gasteiger partial charge on any atom is -0.00369 e. The van der Waals surface area contributed by atoms with Crippen molar-refractivity contribution in [1.82, 2.24) is 10.6 Å². The van der Waals surface area contributed by atoms with Crippen molar-refractivity contribution in [1.29, 1.82) is 0 Å². The van der Waals surface area contributed by atoms with Crippen LogP contribution in [0.1, 0.15) is 19.3 Å². The van der Waals surface area contributed by atoms with Crippen molar-refractivity contribution >= 4 is 0 Å². The second kappa shape index (κ2) is 9.88. The lowest BCUT2D eigenvalue weighted by atomic mass is 10.3. The molecule has 0 atom stereocenters. The van der Waals surface area contributed by atoms with E-state index in [9.17, 15) is 0 Å². The van der Waals surface area contributed by atoms with Crippen LogP contribution in [0.2, 0.25) is 0 Å². The molecule has 3 heteroatoms. The molecule has 0 radical (unpaired) electrons. The Labute approximate surface area is 69.7 Å². The van der Waals surface area contributed by atoms with Gasteiger partial charge in [0, 0.05) is 0 Å². The predicted molar refractivity (Wildman–Crippen MR) is 49.7 cm³/mol.